The Morgan fingerprint density at radius 1 is 1.20 bits per heavy atom. The van der Waals surface area contributed by atoms with Gasteiger partial charge in [-0.05, 0) is 55.6 Å². The van der Waals surface area contributed by atoms with Crippen molar-refractivity contribution in [1.29, 1.82) is 0 Å². The van der Waals surface area contributed by atoms with Crippen molar-refractivity contribution in [2.45, 2.75) is 58.7 Å². The van der Waals surface area contributed by atoms with Crippen LogP contribution in [-0.4, -0.2) is 21.9 Å². The summed E-state index contributed by atoms with van der Waals surface area (Å²) in [5.41, 5.74) is 4.07. The standard InChI is InChI=1S/C17H29NOSi/c1-13-11-15-14(9-8-10-18(15)5)16(12-13)19-20(6,7)17(2,3)4/h11-12H,8-10H2,1-7H3. The zero-order valence-electron chi connectivity index (χ0n) is 14.1. The Morgan fingerprint density at radius 3 is 2.45 bits per heavy atom. The van der Waals surface area contributed by atoms with E-state index in [-0.39, 0.29) is 5.04 Å². The highest BCUT2D eigenvalue weighted by atomic mass is 28.4. The van der Waals surface area contributed by atoms with E-state index in [1.807, 2.05) is 0 Å². The molecule has 1 heterocycles. The number of hydrogen-bond donors (Lipinski definition) is 0. The number of benzene rings is 1. The molecule has 0 atom stereocenters. The van der Waals surface area contributed by atoms with Crippen LogP contribution in [0.5, 0.6) is 5.75 Å². The van der Waals surface area contributed by atoms with Crippen LogP contribution in [0.2, 0.25) is 18.1 Å². The molecular formula is C17H29NOSi. The molecule has 3 heteroatoms. The lowest BCUT2D eigenvalue weighted by Gasteiger charge is -2.38. The molecule has 0 spiro atoms. The summed E-state index contributed by atoms with van der Waals surface area (Å²) in [7, 11) is 0.420. The molecule has 0 aromatic heterocycles. The van der Waals surface area contributed by atoms with Crippen LogP contribution in [0, 0.1) is 6.92 Å². The van der Waals surface area contributed by atoms with Crippen LogP contribution >= 0.6 is 0 Å². The first-order chi connectivity index (χ1) is 9.12. The molecule has 0 radical (unpaired) electrons. The molecule has 0 saturated carbocycles. The van der Waals surface area contributed by atoms with Crippen LogP contribution in [0.25, 0.3) is 0 Å². The summed E-state index contributed by atoms with van der Waals surface area (Å²) in [5.74, 6) is 1.14. The maximum atomic E-state index is 6.61. The van der Waals surface area contributed by atoms with Gasteiger partial charge in [0.2, 0.25) is 8.32 Å². The van der Waals surface area contributed by atoms with E-state index in [0.717, 1.165) is 18.7 Å². The van der Waals surface area contributed by atoms with Crippen molar-refractivity contribution in [3.05, 3.63) is 23.3 Å². The molecule has 1 aliphatic rings. The molecule has 0 aliphatic carbocycles. The molecule has 2 rings (SSSR count). The van der Waals surface area contributed by atoms with Crippen molar-refractivity contribution in [1.82, 2.24) is 0 Å². The van der Waals surface area contributed by atoms with Crippen molar-refractivity contribution in [2.24, 2.45) is 0 Å². The van der Waals surface area contributed by atoms with E-state index < -0.39 is 8.32 Å². The second-order valence-corrected chi connectivity index (χ2v) is 12.4. The third-order valence-electron chi connectivity index (χ3n) is 4.83. The average Bonchev–Trinajstić information content (AvgIpc) is 2.28. The third-order valence-corrected chi connectivity index (χ3v) is 9.18. The summed E-state index contributed by atoms with van der Waals surface area (Å²) in [6.45, 7) is 14.9. The van der Waals surface area contributed by atoms with Gasteiger partial charge >= 0.3 is 0 Å². The second kappa shape index (κ2) is 5.10. The smallest absolute Gasteiger partial charge is 0.250 e. The minimum Gasteiger partial charge on any atom is -0.543 e. The minimum absolute atomic E-state index is 0.240. The Balaban J connectivity index is 2.43. The zero-order chi connectivity index (χ0) is 15.1. The number of anilines is 1. The number of fused-ring (bicyclic) bond motifs is 1. The second-order valence-electron chi connectivity index (χ2n) is 7.65. The zero-order valence-corrected chi connectivity index (χ0v) is 15.1. The Labute approximate surface area is 125 Å². The predicted octanol–water partition coefficient (Wildman–Crippen LogP) is 4.76. The normalized spacial score (nSPS) is 16.1. The van der Waals surface area contributed by atoms with Gasteiger partial charge in [0.15, 0.2) is 0 Å². The van der Waals surface area contributed by atoms with E-state index in [0.29, 0.717) is 0 Å². The average molecular weight is 292 g/mol. The highest BCUT2D eigenvalue weighted by Gasteiger charge is 2.39. The lowest BCUT2D eigenvalue weighted by Crippen LogP contribution is -2.44. The fourth-order valence-corrected chi connectivity index (χ4v) is 3.53. The third kappa shape index (κ3) is 2.88. The first-order valence-corrected chi connectivity index (χ1v) is 10.6. The van der Waals surface area contributed by atoms with E-state index in [1.165, 1.54) is 23.2 Å². The van der Waals surface area contributed by atoms with Crippen molar-refractivity contribution < 1.29 is 4.43 Å². The van der Waals surface area contributed by atoms with Gasteiger partial charge in [-0.2, -0.15) is 0 Å². The van der Waals surface area contributed by atoms with Gasteiger partial charge in [0.25, 0.3) is 0 Å². The van der Waals surface area contributed by atoms with Crippen LogP contribution in [0.15, 0.2) is 12.1 Å². The summed E-state index contributed by atoms with van der Waals surface area (Å²) < 4.78 is 6.61. The fraction of sp³-hybridized carbons (Fsp3) is 0.647. The first kappa shape index (κ1) is 15.4. The van der Waals surface area contributed by atoms with Gasteiger partial charge in [0.05, 0.1) is 0 Å². The molecule has 0 N–H and O–H groups in total. The maximum absolute atomic E-state index is 6.61. The molecule has 112 valence electrons. The van der Waals surface area contributed by atoms with Crippen LogP contribution in [-0.2, 0) is 6.42 Å². The molecule has 1 aromatic rings. The van der Waals surface area contributed by atoms with E-state index >= 15 is 0 Å². The van der Waals surface area contributed by atoms with E-state index in [4.69, 9.17) is 4.43 Å². The summed E-state index contributed by atoms with van der Waals surface area (Å²) >= 11 is 0. The van der Waals surface area contributed by atoms with Crippen LogP contribution in [0.4, 0.5) is 5.69 Å². The van der Waals surface area contributed by atoms with Gasteiger partial charge in [0, 0.05) is 24.8 Å². The van der Waals surface area contributed by atoms with E-state index in [9.17, 15) is 0 Å². The van der Waals surface area contributed by atoms with Gasteiger partial charge < -0.3 is 9.33 Å². The Kier molecular flexibility index (Phi) is 3.93. The summed E-state index contributed by atoms with van der Waals surface area (Å²) in [5, 5.41) is 0.240. The van der Waals surface area contributed by atoms with Crippen molar-refractivity contribution in [3.8, 4) is 5.75 Å². The predicted molar refractivity (Wildman–Crippen MR) is 90.6 cm³/mol. The number of rotatable bonds is 2. The van der Waals surface area contributed by atoms with Crippen molar-refractivity contribution in [3.63, 3.8) is 0 Å². The maximum Gasteiger partial charge on any atom is 0.250 e. The summed E-state index contributed by atoms with van der Waals surface area (Å²) in [6.07, 6.45) is 2.37. The Morgan fingerprint density at radius 2 is 1.85 bits per heavy atom. The number of aryl methyl sites for hydroxylation is 1. The Hall–Kier alpha value is -0.963. The molecule has 0 fully saturated rings. The fourth-order valence-electron chi connectivity index (χ4n) is 2.49. The van der Waals surface area contributed by atoms with Crippen LogP contribution in [0.1, 0.15) is 38.3 Å². The monoisotopic (exact) mass is 291 g/mol. The lowest BCUT2D eigenvalue weighted by molar-refractivity contribution is 0.484. The summed E-state index contributed by atoms with van der Waals surface area (Å²) in [4.78, 5) is 2.37. The van der Waals surface area contributed by atoms with Gasteiger partial charge in [-0.3, -0.25) is 0 Å². The highest BCUT2D eigenvalue weighted by Crippen LogP contribution is 2.41. The summed E-state index contributed by atoms with van der Waals surface area (Å²) in [6, 6.07) is 4.53. The molecule has 20 heavy (non-hydrogen) atoms. The van der Waals surface area contributed by atoms with Gasteiger partial charge in [-0.15, -0.1) is 0 Å². The Bertz CT molecular complexity index is 502. The molecule has 0 bridgehead atoms. The van der Waals surface area contributed by atoms with Crippen LogP contribution in [0.3, 0.4) is 0 Å². The van der Waals surface area contributed by atoms with E-state index in [2.05, 4.69) is 64.9 Å². The molecule has 0 unspecified atom stereocenters. The van der Waals surface area contributed by atoms with Gasteiger partial charge in [-0.1, -0.05) is 20.8 Å². The largest absolute Gasteiger partial charge is 0.543 e. The quantitative estimate of drug-likeness (QED) is 0.728. The molecule has 2 nitrogen and oxygen atoms in total. The molecular weight excluding hydrogens is 262 g/mol. The van der Waals surface area contributed by atoms with Crippen molar-refractivity contribution >= 4 is 14.0 Å². The molecule has 0 amide bonds. The molecule has 0 saturated heterocycles. The molecule has 1 aromatic carbocycles. The topological polar surface area (TPSA) is 12.5 Å². The van der Waals surface area contributed by atoms with Gasteiger partial charge in [0.1, 0.15) is 5.75 Å². The van der Waals surface area contributed by atoms with Gasteiger partial charge in [-0.25, -0.2) is 0 Å². The van der Waals surface area contributed by atoms with Crippen molar-refractivity contribution in [2.75, 3.05) is 18.5 Å². The minimum atomic E-state index is -1.77. The SMILES string of the molecule is Cc1cc(O[Si](C)(C)C(C)(C)C)c2c(c1)N(C)CCC2. The highest BCUT2D eigenvalue weighted by molar-refractivity contribution is 6.74. The first-order valence-electron chi connectivity index (χ1n) is 7.65. The number of nitrogens with zero attached hydrogens (tertiary/aromatic N) is 1. The number of hydrogen-bond acceptors (Lipinski definition) is 2. The van der Waals surface area contributed by atoms with Crippen LogP contribution < -0.4 is 9.33 Å². The molecule has 1 aliphatic heterocycles. The van der Waals surface area contributed by atoms with E-state index in [1.54, 1.807) is 0 Å². The lowest BCUT2D eigenvalue weighted by atomic mass is 9.99.